The lowest BCUT2D eigenvalue weighted by Gasteiger charge is -2.21. The third-order valence-electron chi connectivity index (χ3n) is 2.20. The first-order valence-electron chi connectivity index (χ1n) is 5.51. The molecule has 0 spiro atoms. The van der Waals surface area contributed by atoms with Crippen LogP contribution >= 0.6 is 11.3 Å². The van der Waals surface area contributed by atoms with Crippen molar-refractivity contribution in [2.24, 2.45) is 0 Å². The first-order valence-corrected chi connectivity index (χ1v) is 6.39. The summed E-state index contributed by atoms with van der Waals surface area (Å²) in [5.41, 5.74) is 0.216. The molecule has 3 heteroatoms. The molecule has 0 radical (unpaired) electrons. The van der Waals surface area contributed by atoms with E-state index in [2.05, 4.69) is 55.8 Å². The summed E-state index contributed by atoms with van der Waals surface area (Å²) in [7, 11) is 0. The molecule has 15 heavy (non-hydrogen) atoms. The predicted molar refractivity (Wildman–Crippen MR) is 68.5 cm³/mol. The number of hydrogen-bond acceptors (Lipinski definition) is 3. The molecule has 0 bridgehead atoms. The monoisotopic (exact) mass is 226 g/mol. The molecule has 0 aliphatic heterocycles. The van der Waals surface area contributed by atoms with Crippen LogP contribution in [0.4, 0.5) is 0 Å². The molecule has 0 unspecified atom stereocenters. The summed E-state index contributed by atoms with van der Waals surface area (Å²) in [6, 6.07) is 4.75. The van der Waals surface area contributed by atoms with Crippen LogP contribution in [0.15, 0.2) is 17.5 Å². The van der Waals surface area contributed by atoms with Crippen molar-refractivity contribution in [2.75, 3.05) is 13.1 Å². The maximum Gasteiger partial charge on any atom is 0.0386 e. The molecule has 86 valence electrons. The summed E-state index contributed by atoms with van der Waals surface area (Å²) in [6.07, 6.45) is 0. The molecule has 1 aromatic heterocycles. The van der Waals surface area contributed by atoms with Crippen LogP contribution in [-0.4, -0.2) is 18.6 Å². The Kier molecular flexibility index (Phi) is 4.77. The average molecular weight is 226 g/mol. The highest BCUT2D eigenvalue weighted by molar-refractivity contribution is 7.10. The summed E-state index contributed by atoms with van der Waals surface area (Å²) < 4.78 is 0. The lowest BCUT2D eigenvalue weighted by atomic mass is 10.1. The molecule has 2 N–H and O–H groups in total. The summed E-state index contributed by atoms with van der Waals surface area (Å²) in [4.78, 5) is 1.41. The SMILES string of the molecule is C[C@H](NCCNC(C)(C)C)c1cccs1. The van der Waals surface area contributed by atoms with Gasteiger partial charge in [0.1, 0.15) is 0 Å². The first kappa shape index (κ1) is 12.7. The number of rotatable bonds is 5. The van der Waals surface area contributed by atoms with E-state index in [0.717, 1.165) is 13.1 Å². The largest absolute Gasteiger partial charge is 0.311 e. The minimum atomic E-state index is 0.216. The van der Waals surface area contributed by atoms with Gasteiger partial charge in [-0.1, -0.05) is 6.07 Å². The van der Waals surface area contributed by atoms with E-state index in [0.29, 0.717) is 6.04 Å². The normalized spacial score (nSPS) is 14.1. The molecule has 0 amide bonds. The lowest BCUT2D eigenvalue weighted by Crippen LogP contribution is -2.40. The van der Waals surface area contributed by atoms with E-state index in [9.17, 15) is 0 Å². The van der Waals surface area contributed by atoms with Crippen molar-refractivity contribution < 1.29 is 0 Å². The highest BCUT2D eigenvalue weighted by Gasteiger charge is 2.08. The fraction of sp³-hybridized carbons (Fsp3) is 0.667. The van der Waals surface area contributed by atoms with Gasteiger partial charge in [-0.25, -0.2) is 0 Å². The Hall–Kier alpha value is -0.380. The van der Waals surface area contributed by atoms with Crippen molar-refractivity contribution in [1.82, 2.24) is 10.6 Å². The van der Waals surface area contributed by atoms with Gasteiger partial charge in [0.05, 0.1) is 0 Å². The zero-order valence-corrected chi connectivity index (χ0v) is 10.9. The molecule has 0 aliphatic rings. The van der Waals surface area contributed by atoms with Gasteiger partial charge in [-0.05, 0) is 39.1 Å². The molecular weight excluding hydrogens is 204 g/mol. The molecule has 0 saturated carbocycles. The average Bonchev–Trinajstić information content (AvgIpc) is 2.63. The zero-order valence-electron chi connectivity index (χ0n) is 10.1. The van der Waals surface area contributed by atoms with Crippen LogP contribution in [0.1, 0.15) is 38.6 Å². The van der Waals surface area contributed by atoms with Crippen LogP contribution in [0.3, 0.4) is 0 Å². The maximum atomic E-state index is 3.51. The number of nitrogens with one attached hydrogen (secondary N) is 2. The Labute approximate surface area is 97.1 Å². The summed E-state index contributed by atoms with van der Waals surface area (Å²) in [5.74, 6) is 0. The Balaban J connectivity index is 2.16. The Morgan fingerprint density at radius 1 is 1.33 bits per heavy atom. The lowest BCUT2D eigenvalue weighted by molar-refractivity contribution is 0.415. The smallest absolute Gasteiger partial charge is 0.0386 e. The van der Waals surface area contributed by atoms with Crippen molar-refractivity contribution in [3.63, 3.8) is 0 Å². The summed E-state index contributed by atoms with van der Waals surface area (Å²) >= 11 is 1.81. The van der Waals surface area contributed by atoms with E-state index in [1.54, 1.807) is 0 Å². The molecule has 1 atom stereocenters. The zero-order chi connectivity index (χ0) is 11.3. The second kappa shape index (κ2) is 5.64. The molecule has 0 saturated heterocycles. The summed E-state index contributed by atoms with van der Waals surface area (Å²) in [6.45, 7) is 10.8. The molecule has 0 fully saturated rings. The topological polar surface area (TPSA) is 24.1 Å². The van der Waals surface area contributed by atoms with E-state index in [-0.39, 0.29) is 5.54 Å². The summed E-state index contributed by atoms with van der Waals surface area (Å²) in [5, 5.41) is 9.09. The van der Waals surface area contributed by atoms with Gasteiger partial charge in [-0.2, -0.15) is 0 Å². The van der Waals surface area contributed by atoms with Crippen molar-refractivity contribution in [2.45, 2.75) is 39.3 Å². The molecule has 1 aromatic rings. The van der Waals surface area contributed by atoms with Gasteiger partial charge < -0.3 is 10.6 Å². The van der Waals surface area contributed by atoms with Gasteiger partial charge in [0.25, 0.3) is 0 Å². The quantitative estimate of drug-likeness (QED) is 0.754. The Morgan fingerprint density at radius 2 is 2.07 bits per heavy atom. The second-order valence-electron chi connectivity index (χ2n) is 4.87. The van der Waals surface area contributed by atoms with Crippen LogP contribution < -0.4 is 10.6 Å². The highest BCUT2D eigenvalue weighted by Crippen LogP contribution is 2.17. The molecule has 2 nitrogen and oxygen atoms in total. The van der Waals surface area contributed by atoms with Crippen LogP contribution in [0, 0.1) is 0 Å². The minimum absolute atomic E-state index is 0.216. The fourth-order valence-corrected chi connectivity index (χ4v) is 2.12. The van der Waals surface area contributed by atoms with E-state index >= 15 is 0 Å². The fourth-order valence-electron chi connectivity index (χ4n) is 1.36. The van der Waals surface area contributed by atoms with Crippen LogP contribution in [0.2, 0.25) is 0 Å². The van der Waals surface area contributed by atoms with Crippen molar-refractivity contribution in [3.8, 4) is 0 Å². The van der Waals surface area contributed by atoms with Gasteiger partial charge in [0.15, 0.2) is 0 Å². The van der Waals surface area contributed by atoms with Crippen LogP contribution in [-0.2, 0) is 0 Å². The third kappa shape index (κ3) is 5.30. The van der Waals surface area contributed by atoms with E-state index in [1.165, 1.54) is 4.88 Å². The van der Waals surface area contributed by atoms with E-state index < -0.39 is 0 Å². The standard InChI is InChI=1S/C12H22N2S/c1-10(11-6-5-9-15-11)13-7-8-14-12(2,3)4/h5-6,9-10,13-14H,7-8H2,1-4H3/t10-/m0/s1. The van der Waals surface area contributed by atoms with Gasteiger partial charge >= 0.3 is 0 Å². The second-order valence-corrected chi connectivity index (χ2v) is 5.85. The molecular formula is C12H22N2S. The van der Waals surface area contributed by atoms with Gasteiger partial charge in [0, 0.05) is 29.5 Å². The van der Waals surface area contributed by atoms with Crippen molar-refractivity contribution >= 4 is 11.3 Å². The maximum absolute atomic E-state index is 3.51. The predicted octanol–water partition coefficient (Wildman–Crippen LogP) is 2.79. The Morgan fingerprint density at radius 3 is 2.60 bits per heavy atom. The molecule has 0 aliphatic carbocycles. The molecule has 1 rings (SSSR count). The first-order chi connectivity index (χ1) is 6.99. The molecule has 0 aromatic carbocycles. The van der Waals surface area contributed by atoms with Crippen molar-refractivity contribution in [1.29, 1.82) is 0 Å². The number of hydrogen-bond donors (Lipinski definition) is 2. The van der Waals surface area contributed by atoms with E-state index in [1.807, 2.05) is 11.3 Å². The van der Waals surface area contributed by atoms with Gasteiger partial charge in [-0.15, -0.1) is 11.3 Å². The van der Waals surface area contributed by atoms with Gasteiger partial charge in [-0.3, -0.25) is 0 Å². The van der Waals surface area contributed by atoms with Gasteiger partial charge in [0.2, 0.25) is 0 Å². The molecule has 1 heterocycles. The van der Waals surface area contributed by atoms with Crippen molar-refractivity contribution in [3.05, 3.63) is 22.4 Å². The highest BCUT2D eigenvalue weighted by atomic mass is 32.1. The van der Waals surface area contributed by atoms with E-state index in [4.69, 9.17) is 0 Å². The number of thiophene rings is 1. The Bertz CT molecular complexity index is 262. The van der Waals surface area contributed by atoms with Crippen LogP contribution in [0.5, 0.6) is 0 Å². The van der Waals surface area contributed by atoms with Crippen LogP contribution in [0.25, 0.3) is 0 Å². The minimum Gasteiger partial charge on any atom is -0.311 e. The third-order valence-corrected chi connectivity index (χ3v) is 3.26.